The molecule has 1 rings (SSSR count). The van der Waals surface area contributed by atoms with E-state index in [1.54, 1.807) is 0 Å². The molecule has 0 atom stereocenters. The highest BCUT2D eigenvalue weighted by Gasteiger charge is 2.11. The standard InChI is InChI=1S/C15H29N3S/c1-11(2)7-8-18(6)15-17-13(5)14(19-15)10-16-9-12(3)4/h11-12,16H,7-10H2,1-6H3. The van der Waals surface area contributed by atoms with Crippen molar-refractivity contribution in [2.45, 2.75) is 47.6 Å². The molecule has 1 heterocycles. The maximum Gasteiger partial charge on any atom is 0.185 e. The zero-order chi connectivity index (χ0) is 14.4. The van der Waals surface area contributed by atoms with E-state index in [1.165, 1.54) is 17.0 Å². The lowest BCUT2D eigenvalue weighted by Crippen LogP contribution is -2.19. The lowest BCUT2D eigenvalue weighted by molar-refractivity contribution is 0.554. The molecule has 0 fully saturated rings. The highest BCUT2D eigenvalue weighted by atomic mass is 32.1. The monoisotopic (exact) mass is 283 g/mol. The molecule has 1 N–H and O–H groups in total. The second kappa shape index (κ2) is 7.85. The molecule has 0 saturated carbocycles. The van der Waals surface area contributed by atoms with Crippen molar-refractivity contribution < 1.29 is 0 Å². The highest BCUT2D eigenvalue weighted by molar-refractivity contribution is 7.15. The molecule has 0 radical (unpaired) electrons. The minimum Gasteiger partial charge on any atom is -0.351 e. The van der Waals surface area contributed by atoms with Crippen molar-refractivity contribution in [3.8, 4) is 0 Å². The Kier molecular flexibility index (Phi) is 6.80. The van der Waals surface area contributed by atoms with Crippen molar-refractivity contribution in [3.05, 3.63) is 10.6 Å². The molecule has 1 aromatic rings. The topological polar surface area (TPSA) is 28.2 Å². The van der Waals surface area contributed by atoms with Crippen LogP contribution in [-0.4, -0.2) is 25.1 Å². The van der Waals surface area contributed by atoms with Crippen LogP contribution in [0.5, 0.6) is 0 Å². The van der Waals surface area contributed by atoms with Crippen LogP contribution in [-0.2, 0) is 6.54 Å². The summed E-state index contributed by atoms with van der Waals surface area (Å²) in [5, 5.41) is 4.65. The summed E-state index contributed by atoms with van der Waals surface area (Å²) in [6, 6.07) is 0. The normalized spacial score (nSPS) is 11.6. The number of hydrogen-bond donors (Lipinski definition) is 1. The molecule has 0 aliphatic carbocycles. The van der Waals surface area contributed by atoms with Crippen molar-refractivity contribution in [2.24, 2.45) is 11.8 Å². The molecule has 0 aliphatic rings. The van der Waals surface area contributed by atoms with Crippen molar-refractivity contribution in [1.29, 1.82) is 0 Å². The van der Waals surface area contributed by atoms with Crippen LogP contribution in [0.15, 0.2) is 0 Å². The minimum atomic E-state index is 0.696. The van der Waals surface area contributed by atoms with Gasteiger partial charge in [0.2, 0.25) is 0 Å². The van der Waals surface area contributed by atoms with Crippen LogP contribution in [0.1, 0.15) is 44.7 Å². The van der Waals surface area contributed by atoms with Crippen LogP contribution < -0.4 is 10.2 Å². The summed E-state index contributed by atoms with van der Waals surface area (Å²) in [6.45, 7) is 14.2. The van der Waals surface area contributed by atoms with Gasteiger partial charge in [0.1, 0.15) is 0 Å². The lowest BCUT2D eigenvalue weighted by Gasteiger charge is -2.16. The van der Waals surface area contributed by atoms with Gasteiger partial charge >= 0.3 is 0 Å². The molecule has 0 aliphatic heterocycles. The quantitative estimate of drug-likeness (QED) is 0.789. The summed E-state index contributed by atoms with van der Waals surface area (Å²) in [5.41, 5.74) is 1.17. The number of nitrogens with one attached hydrogen (secondary N) is 1. The first-order chi connectivity index (χ1) is 8.90. The van der Waals surface area contributed by atoms with Crippen LogP contribution in [0.4, 0.5) is 5.13 Å². The molecule has 19 heavy (non-hydrogen) atoms. The Labute approximate surface area is 122 Å². The summed E-state index contributed by atoms with van der Waals surface area (Å²) in [4.78, 5) is 8.34. The first kappa shape index (κ1) is 16.4. The second-order valence-electron chi connectivity index (χ2n) is 6.13. The van der Waals surface area contributed by atoms with Gasteiger partial charge in [-0.25, -0.2) is 4.98 Å². The van der Waals surface area contributed by atoms with Crippen LogP contribution in [0, 0.1) is 18.8 Å². The van der Waals surface area contributed by atoms with Gasteiger partial charge < -0.3 is 10.2 Å². The van der Waals surface area contributed by atoms with E-state index < -0.39 is 0 Å². The number of anilines is 1. The maximum absolute atomic E-state index is 4.69. The molecule has 0 unspecified atom stereocenters. The van der Waals surface area contributed by atoms with Crippen LogP contribution >= 0.6 is 11.3 Å². The Morgan fingerprint density at radius 2 is 1.89 bits per heavy atom. The number of aromatic nitrogens is 1. The largest absolute Gasteiger partial charge is 0.351 e. The average molecular weight is 283 g/mol. The van der Waals surface area contributed by atoms with Gasteiger partial charge in [0.25, 0.3) is 0 Å². The molecule has 4 heteroatoms. The van der Waals surface area contributed by atoms with E-state index in [0.717, 1.165) is 30.7 Å². The highest BCUT2D eigenvalue weighted by Crippen LogP contribution is 2.25. The van der Waals surface area contributed by atoms with Gasteiger partial charge in [0.05, 0.1) is 5.69 Å². The second-order valence-corrected chi connectivity index (χ2v) is 7.20. The van der Waals surface area contributed by atoms with E-state index in [9.17, 15) is 0 Å². The molecule has 0 spiro atoms. The number of rotatable bonds is 8. The third kappa shape index (κ3) is 5.91. The van der Waals surface area contributed by atoms with E-state index >= 15 is 0 Å². The van der Waals surface area contributed by atoms with Gasteiger partial charge in [-0.3, -0.25) is 0 Å². The molecule has 0 amide bonds. The molecule has 0 saturated heterocycles. The van der Waals surface area contributed by atoms with E-state index in [2.05, 4.69) is 51.9 Å². The fraction of sp³-hybridized carbons (Fsp3) is 0.800. The predicted octanol–water partition coefficient (Wildman–Crippen LogP) is 3.68. The fourth-order valence-corrected chi connectivity index (χ4v) is 2.78. The van der Waals surface area contributed by atoms with Gasteiger partial charge in [-0.2, -0.15) is 0 Å². The molecular formula is C15H29N3S. The zero-order valence-corrected chi connectivity index (χ0v) is 14.1. The average Bonchev–Trinajstić information content (AvgIpc) is 2.67. The van der Waals surface area contributed by atoms with Gasteiger partial charge in [0.15, 0.2) is 5.13 Å². The molecule has 0 aromatic carbocycles. The van der Waals surface area contributed by atoms with E-state index in [0.29, 0.717) is 5.92 Å². The summed E-state index contributed by atoms with van der Waals surface area (Å²) in [6.07, 6.45) is 1.22. The van der Waals surface area contributed by atoms with E-state index in [1.807, 2.05) is 11.3 Å². The Bertz CT molecular complexity index is 371. The van der Waals surface area contributed by atoms with Crippen molar-refractivity contribution >= 4 is 16.5 Å². The number of thiazole rings is 1. The first-order valence-electron chi connectivity index (χ1n) is 7.28. The fourth-order valence-electron chi connectivity index (χ4n) is 1.76. The molecule has 3 nitrogen and oxygen atoms in total. The Morgan fingerprint density at radius 3 is 2.47 bits per heavy atom. The van der Waals surface area contributed by atoms with Crippen LogP contribution in [0.2, 0.25) is 0 Å². The van der Waals surface area contributed by atoms with Crippen molar-refractivity contribution in [1.82, 2.24) is 10.3 Å². The molecule has 1 aromatic heterocycles. The summed E-state index contributed by atoms with van der Waals surface area (Å²) in [5.74, 6) is 1.44. The minimum absolute atomic E-state index is 0.696. The first-order valence-corrected chi connectivity index (χ1v) is 8.10. The smallest absolute Gasteiger partial charge is 0.185 e. The third-order valence-electron chi connectivity index (χ3n) is 3.09. The third-order valence-corrected chi connectivity index (χ3v) is 4.36. The van der Waals surface area contributed by atoms with Gasteiger partial charge in [-0.05, 0) is 31.7 Å². The number of aryl methyl sites for hydroxylation is 1. The van der Waals surface area contributed by atoms with Crippen LogP contribution in [0.25, 0.3) is 0 Å². The van der Waals surface area contributed by atoms with Gasteiger partial charge in [-0.1, -0.05) is 27.7 Å². The van der Waals surface area contributed by atoms with E-state index in [4.69, 9.17) is 4.98 Å². The number of hydrogen-bond acceptors (Lipinski definition) is 4. The maximum atomic E-state index is 4.69. The molecule has 110 valence electrons. The Balaban J connectivity index is 2.52. The molecule has 0 bridgehead atoms. The van der Waals surface area contributed by atoms with Crippen molar-refractivity contribution in [3.63, 3.8) is 0 Å². The van der Waals surface area contributed by atoms with E-state index in [-0.39, 0.29) is 0 Å². The lowest BCUT2D eigenvalue weighted by atomic mass is 10.1. The summed E-state index contributed by atoms with van der Waals surface area (Å²) < 4.78 is 0. The van der Waals surface area contributed by atoms with Gasteiger partial charge in [-0.15, -0.1) is 11.3 Å². The summed E-state index contributed by atoms with van der Waals surface area (Å²) in [7, 11) is 2.14. The zero-order valence-electron chi connectivity index (χ0n) is 13.3. The molecular weight excluding hydrogens is 254 g/mol. The Morgan fingerprint density at radius 1 is 1.21 bits per heavy atom. The summed E-state index contributed by atoms with van der Waals surface area (Å²) >= 11 is 1.82. The van der Waals surface area contributed by atoms with Crippen molar-refractivity contribution in [2.75, 3.05) is 25.0 Å². The van der Waals surface area contributed by atoms with Crippen LogP contribution in [0.3, 0.4) is 0 Å². The number of nitrogens with zero attached hydrogens (tertiary/aromatic N) is 2. The Hall–Kier alpha value is -0.610. The SMILES string of the molecule is Cc1nc(N(C)CCC(C)C)sc1CNCC(C)C. The van der Waals surface area contributed by atoms with Gasteiger partial charge in [0, 0.05) is 25.0 Å². The predicted molar refractivity (Wildman–Crippen MR) is 86.1 cm³/mol.